The van der Waals surface area contributed by atoms with Gasteiger partial charge in [0.25, 0.3) is 5.91 Å². The molecule has 0 saturated carbocycles. The third kappa shape index (κ3) is 5.06. The van der Waals surface area contributed by atoms with Crippen LogP contribution in [0.4, 0.5) is 17.3 Å². The zero-order valence-corrected chi connectivity index (χ0v) is 15.3. The quantitative estimate of drug-likeness (QED) is 0.541. The molecule has 2 atom stereocenters. The molecule has 2 rings (SSSR count). The van der Waals surface area contributed by atoms with Gasteiger partial charge in [-0.15, -0.1) is 0 Å². The number of nitrogens with two attached hydrogens (primary N) is 2. The van der Waals surface area contributed by atoms with Gasteiger partial charge in [0, 0.05) is 30.0 Å². The molecule has 0 spiro atoms. The van der Waals surface area contributed by atoms with Crippen molar-refractivity contribution in [3.8, 4) is 5.88 Å². The second-order valence-electron chi connectivity index (χ2n) is 6.07. The van der Waals surface area contributed by atoms with Gasteiger partial charge in [-0.25, -0.2) is 9.97 Å². The molecule has 0 saturated heterocycles. The summed E-state index contributed by atoms with van der Waals surface area (Å²) in [4.78, 5) is 20.3. The lowest BCUT2D eigenvalue weighted by atomic mass is 10.1. The Bertz CT molecular complexity index is 750. The number of aromatic nitrogens is 2. The topological polar surface area (TPSA) is 128 Å². The first-order valence-corrected chi connectivity index (χ1v) is 8.54. The Morgan fingerprint density at radius 3 is 2.73 bits per heavy atom. The summed E-state index contributed by atoms with van der Waals surface area (Å²) in [6.45, 7) is 4.05. The molecule has 0 fully saturated rings. The molecule has 26 heavy (non-hydrogen) atoms. The minimum Gasteiger partial charge on any atom is -0.481 e. The Kier molecular flexibility index (Phi) is 6.74. The maximum Gasteiger partial charge on any atom is 0.252 e. The number of ether oxygens (including phenoxy) is 1. The minimum absolute atomic E-state index is 0.0339. The molecule has 0 aliphatic rings. The first-order valence-electron chi connectivity index (χ1n) is 8.54. The van der Waals surface area contributed by atoms with Gasteiger partial charge in [-0.3, -0.25) is 4.79 Å². The molecule has 0 bridgehead atoms. The van der Waals surface area contributed by atoms with E-state index in [0.29, 0.717) is 28.8 Å². The molecule has 2 heterocycles. The third-order valence-corrected chi connectivity index (χ3v) is 3.94. The van der Waals surface area contributed by atoms with Crippen LogP contribution in [0.3, 0.4) is 0 Å². The highest BCUT2D eigenvalue weighted by Gasteiger charge is 2.16. The lowest BCUT2D eigenvalue weighted by Gasteiger charge is -2.23. The zero-order chi connectivity index (χ0) is 19.1. The number of hydrogen-bond acceptors (Lipinski definition) is 7. The predicted molar refractivity (Wildman–Crippen MR) is 103 cm³/mol. The standard InChI is InChI=1S/C18H26N6O2/c1-4-5-14(11(2)19)23-15-7-6-13(17(20)25)18(24-15)22-12-8-9-21-16(10-12)26-3/h6-11,14H,4-5,19H2,1-3H3,(H2,20,25)(H2,21,22,23,24)/t11-,14+/m0/s1. The van der Waals surface area contributed by atoms with Gasteiger partial charge in [0.05, 0.1) is 12.7 Å². The van der Waals surface area contributed by atoms with Crippen LogP contribution >= 0.6 is 0 Å². The highest BCUT2D eigenvalue weighted by Crippen LogP contribution is 2.23. The van der Waals surface area contributed by atoms with Crippen molar-refractivity contribution in [2.45, 2.75) is 38.8 Å². The smallest absolute Gasteiger partial charge is 0.252 e. The van der Waals surface area contributed by atoms with Crippen molar-refractivity contribution in [3.05, 3.63) is 36.0 Å². The number of carbonyl (C=O) groups is 1. The Morgan fingerprint density at radius 2 is 2.12 bits per heavy atom. The normalized spacial score (nSPS) is 12.9. The van der Waals surface area contributed by atoms with Crippen LogP contribution in [-0.4, -0.2) is 35.1 Å². The van der Waals surface area contributed by atoms with Gasteiger partial charge in [0.2, 0.25) is 5.88 Å². The number of rotatable bonds is 9. The molecule has 8 nitrogen and oxygen atoms in total. The van der Waals surface area contributed by atoms with Gasteiger partial charge in [0.15, 0.2) is 0 Å². The number of amides is 1. The van der Waals surface area contributed by atoms with Crippen LogP contribution in [0.1, 0.15) is 37.0 Å². The van der Waals surface area contributed by atoms with Crippen LogP contribution in [-0.2, 0) is 0 Å². The minimum atomic E-state index is -0.565. The number of primary amides is 1. The van der Waals surface area contributed by atoms with E-state index in [0.717, 1.165) is 12.8 Å². The number of pyridine rings is 2. The summed E-state index contributed by atoms with van der Waals surface area (Å²) in [5.74, 6) is 0.861. The van der Waals surface area contributed by atoms with E-state index in [1.54, 1.807) is 30.5 Å². The summed E-state index contributed by atoms with van der Waals surface area (Å²) < 4.78 is 5.11. The Labute approximate surface area is 153 Å². The van der Waals surface area contributed by atoms with E-state index in [9.17, 15) is 4.79 Å². The zero-order valence-electron chi connectivity index (χ0n) is 15.3. The summed E-state index contributed by atoms with van der Waals surface area (Å²) in [6, 6.07) is 6.87. The third-order valence-electron chi connectivity index (χ3n) is 3.94. The van der Waals surface area contributed by atoms with Crippen molar-refractivity contribution in [1.29, 1.82) is 0 Å². The van der Waals surface area contributed by atoms with Gasteiger partial charge >= 0.3 is 0 Å². The molecule has 2 aromatic rings. The van der Waals surface area contributed by atoms with E-state index in [1.807, 2.05) is 6.92 Å². The Balaban J connectivity index is 2.31. The second kappa shape index (κ2) is 9.00. The van der Waals surface area contributed by atoms with Crippen molar-refractivity contribution in [2.75, 3.05) is 17.7 Å². The highest BCUT2D eigenvalue weighted by atomic mass is 16.5. The number of methoxy groups -OCH3 is 1. The van der Waals surface area contributed by atoms with Crippen LogP contribution < -0.4 is 26.8 Å². The van der Waals surface area contributed by atoms with E-state index in [1.165, 1.54) is 7.11 Å². The van der Waals surface area contributed by atoms with Crippen molar-refractivity contribution in [1.82, 2.24) is 9.97 Å². The molecule has 0 radical (unpaired) electrons. The average molecular weight is 358 g/mol. The average Bonchev–Trinajstić information content (AvgIpc) is 2.61. The fraction of sp³-hybridized carbons (Fsp3) is 0.389. The van der Waals surface area contributed by atoms with E-state index >= 15 is 0 Å². The van der Waals surface area contributed by atoms with Gasteiger partial charge < -0.3 is 26.8 Å². The molecule has 8 heteroatoms. The molecule has 1 amide bonds. The monoisotopic (exact) mass is 358 g/mol. The van der Waals surface area contributed by atoms with Crippen LogP contribution in [0, 0.1) is 0 Å². The van der Waals surface area contributed by atoms with Gasteiger partial charge in [-0.05, 0) is 31.5 Å². The molecule has 2 aromatic heterocycles. The highest BCUT2D eigenvalue weighted by molar-refractivity contribution is 5.98. The van der Waals surface area contributed by atoms with Crippen LogP contribution in [0.5, 0.6) is 5.88 Å². The van der Waals surface area contributed by atoms with E-state index in [4.69, 9.17) is 16.2 Å². The number of anilines is 3. The molecule has 0 aliphatic heterocycles. The second-order valence-corrected chi connectivity index (χ2v) is 6.07. The van der Waals surface area contributed by atoms with Crippen molar-refractivity contribution in [3.63, 3.8) is 0 Å². The summed E-state index contributed by atoms with van der Waals surface area (Å²) in [5, 5.41) is 6.43. The summed E-state index contributed by atoms with van der Waals surface area (Å²) in [7, 11) is 1.53. The summed E-state index contributed by atoms with van der Waals surface area (Å²) >= 11 is 0. The molecule has 0 aromatic carbocycles. The molecule has 6 N–H and O–H groups in total. The van der Waals surface area contributed by atoms with Gasteiger partial charge in [-0.2, -0.15) is 0 Å². The lowest BCUT2D eigenvalue weighted by molar-refractivity contribution is 0.100. The maximum absolute atomic E-state index is 11.7. The SMILES string of the molecule is CCC[C@@H](Nc1ccc(C(N)=O)c(Nc2ccnc(OC)c2)n1)[C@H](C)N. The maximum atomic E-state index is 11.7. The fourth-order valence-electron chi connectivity index (χ4n) is 2.54. The van der Waals surface area contributed by atoms with E-state index < -0.39 is 5.91 Å². The number of nitrogens with one attached hydrogen (secondary N) is 2. The molecule has 0 aliphatic carbocycles. The van der Waals surface area contributed by atoms with E-state index in [-0.39, 0.29) is 12.1 Å². The Hall–Kier alpha value is -2.87. The molecule has 0 unspecified atom stereocenters. The number of nitrogens with zero attached hydrogens (tertiary/aromatic N) is 2. The molecular weight excluding hydrogens is 332 g/mol. The first kappa shape index (κ1) is 19.5. The van der Waals surface area contributed by atoms with Crippen LogP contribution in [0.15, 0.2) is 30.5 Å². The van der Waals surface area contributed by atoms with Crippen molar-refractivity contribution < 1.29 is 9.53 Å². The summed E-state index contributed by atoms with van der Waals surface area (Å²) in [6.07, 6.45) is 3.52. The molecule has 140 valence electrons. The predicted octanol–water partition coefficient (Wildman–Crippen LogP) is 2.26. The summed E-state index contributed by atoms with van der Waals surface area (Å²) in [5.41, 5.74) is 12.5. The fourth-order valence-corrected chi connectivity index (χ4v) is 2.54. The van der Waals surface area contributed by atoms with Crippen LogP contribution in [0.25, 0.3) is 0 Å². The van der Waals surface area contributed by atoms with Crippen molar-refractivity contribution >= 4 is 23.2 Å². The largest absolute Gasteiger partial charge is 0.481 e. The first-order chi connectivity index (χ1) is 12.4. The van der Waals surface area contributed by atoms with E-state index in [2.05, 4.69) is 27.5 Å². The Morgan fingerprint density at radius 1 is 1.35 bits per heavy atom. The number of hydrogen-bond donors (Lipinski definition) is 4. The van der Waals surface area contributed by atoms with Gasteiger partial charge in [-0.1, -0.05) is 13.3 Å². The lowest BCUT2D eigenvalue weighted by Crippen LogP contribution is -2.38. The van der Waals surface area contributed by atoms with Crippen molar-refractivity contribution in [2.24, 2.45) is 11.5 Å². The number of carbonyl (C=O) groups excluding carboxylic acids is 1. The molecular formula is C18H26N6O2. The van der Waals surface area contributed by atoms with Crippen LogP contribution in [0.2, 0.25) is 0 Å². The van der Waals surface area contributed by atoms with Gasteiger partial charge in [0.1, 0.15) is 11.6 Å².